The molecule has 3 aromatic rings. The molecule has 4 rings (SSSR count). The number of nitrogens with zero attached hydrogens (tertiary/aromatic N) is 4. The summed E-state index contributed by atoms with van der Waals surface area (Å²) in [5.74, 6) is 2.44. The zero-order chi connectivity index (χ0) is 14.9. The van der Waals surface area contributed by atoms with Crippen LogP contribution >= 0.6 is 0 Å². The number of hydrogen-bond donors (Lipinski definition) is 0. The first-order chi connectivity index (χ1) is 10.8. The van der Waals surface area contributed by atoms with Gasteiger partial charge in [-0.25, -0.2) is 9.67 Å². The molecule has 0 unspecified atom stereocenters. The summed E-state index contributed by atoms with van der Waals surface area (Å²) in [5.41, 5.74) is 3.54. The fourth-order valence-corrected chi connectivity index (χ4v) is 2.68. The standard InChI is InChI=1S/C18H18N4/c1-13-4-2-5-14(10-13)12-22-18(16-6-3-9-19-11-16)20-17(21-22)15-7-8-15/h2-6,9-11,15H,7-8,12H2,1H3. The molecular weight excluding hydrogens is 272 g/mol. The fourth-order valence-electron chi connectivity index (χ4n) is 2.68. The van der Waals surface area contributed by atoms with Gasteiger partial charge in [0.15, 0.2) is 11.6 Å². The van der Waals surface area contributed by atoms with E-state index in [1.807, 2.05) is 23.0 Å². The van der Waals surface area contributed by atoms with Gasteiger partial charge in [0.2, 0.25) is 0 Å². The number of aryl methyl sites for hydroxylation is 1. The Morgan fingerprint density at radius 1 is 1.18 bits per heavy atom. The van der Waals surface area contributed by atoms with Crippen LogP contribution in [0.15, 0.2) is 48.8 Å². The van der Waals surface area contributed by atoms with E-state index in [0.717, 1.165) is 23.8 Å². The van der Waals surface area contributed by atoms with Crippen molar-refractivity contribution in [1.82, 2.24) is 19.7 Å². The molecule has 0 atom stereocenters. The molecule has 2 heterocycles. The Balaban J connectivity index is 1.74. The number of pyridine rings is 1. The molecule has 2 aromatic heterocycles. The van der Waals surface area contributed by atoms with Crippen molar-refractivity contribution in [3.05, 3.63) is 65.7 Å². The van der Waals surface area contributed by atoms with E-state index in [0.29, 0.717) is 5.92 Å². The summed E-state index contributed by atoms with van der Waals surface area (Å²) in [6.07, 6.45) is 6.06. The van der Waals surface area contributed by atoms with Crippen LogP contribution in [0.3, 0.4) is 0 Å². The Kier molecular flexibility index (Phi) is 3.22. The third-order valence-corrected chi connectivity index (χ3v) is 3.97. The molecule has 1 aliphatic carbocycles. The van der Waals surface area contributed by atoms with Crippen molar-refractivity contribution in [3.8, 4) is 11.4 Å². The van der Waals surface area contributed by atoms with Crippen molar-refractivity contribution in [2.24, 2.45) is 0 Å². The lowest BCUT2D eigenvalue weighted by Gasteiger charge is -2.06. The molecule has 4 nitrogen and oxygen atoms in total. The van der Waals surface area contributed by atoms with Crippen LogP contribution < -0.4 is 0 Å². The second kappa shape index (κ2) is 5.37. The lowest BCUT2D eigenvalue weighted by molar-refractivity contribution is 0.678. The first kappa shape index (κ1) is 13.2. The molecule has 4 heteroatoms. The Bertz CT molecular complexity index is 788. The highest BCUT2D eigenvalue weighted by molar-refractivity contribution is 5.53. The van der Waals surface area contributed by atoms with Crippen molar-refractivity contribution in [2.45, 2.75) is 32.2 Å². The van der Waals surface area contributed by atoms with E-state index in [2.05, 4.69) is 36.2 Å². The van der Waals surface area contributed by atoms with Crippen molar-refractivity contribution in [1.29, 1.82) is 0 Å². The molecule has 0 saturated heterocycles. The highest BCUT2D eigenvalue weighted by atomic mass is 15.3. The quantitative estimate of drug-likeness (QED) is 0.737. The molecule has 0 N–H and O–H groups in total. The van der Waals surface area contributed by atoms with Gasteiger partial charge in [0.25, 0.3) is 0 Å². The zero-order valence-electron chi connectivity index (χ0n) is 12.6. The first-order valence-corrected chi connectivity index (χ1v) is 7.70. The van der Waals surface area contributed by atoms with Gasteiger partial charge in [-0.3, -0.25) is 4.98 Å². The van der Waals surface area contributed by atoms with E-state index in [1.165, 1.54) is 24.0 Å². The molecule has 1 fully saturated rings. The van der Waals surface area contributed by atoms with Gasteiger partial charge < -0.3 is 0 Å². The predicted octanol–water partition coefficient (Wildman–Crippen LogP) is 3.57. The molecule has 0 bridgehead atoms. The maximum atomic E-state index is 4.77. The number of hydrogen-bond acceptors (Lipinski definition) is 3. The second-order valence-electron chi connectivity index (χ2n) is 5.96. The SMILES string of the molecule is Cc1cccc(Cn2nc(C3CC3)nc2-c2cccnc2)c1. The lowest BCUT2D eigenvalue weighted by atomic mass is 10.1. The summed E-state index contributed by atoms with van der Waals surface area (Å²) in [5, 5.41) is 4.75. The molecule has 110 valence electrons. The summed E-state index contributed by atoms with van der Waals surface area (Å²) in [7, 11) is 0. The predicted molar refractivity (Wildman–Crippen MR) is 85.5 cm³/mol. The summed E-state index contributed by atoms with van der Waals surface area (Å²) in [6.45, 7) is 2.86. The first-order valence-electron chi connectivity index (χ1n) is 7.70. The fraction of sp³-hybridized carbons (Fsp3) is 0.278. The molecule has 0 amide bonds. The van der Waals surface area contributed by atoms with Gasteiger partial charge in [-0.2, -0.15) is 5.10 Å². The van der Waals surface area contributed by atoms with E-state index in [9.17, 15) is 0 Å². The van der Waals surface area contributed by atoms with Crippen molar-refractivity contribution in [3.63, 3.8) is 0 Å². The maximum Gasteiger partial charge on any atom is 0.160 e. The Morgan fingerprint density at radius 2 is 2.09 bits per heavy atom. The third kappa shape index (κ3) is 2.64. The highest BCUT2D eigenvalue weighted by Gasteiger charge is 2.29. The minimum absolute atomic E-state index is 0.550. The van der Waals surface area contributed by atoms with Crippen molar-refractivity contribution < 1.29 is 0 Å². The van der Waals surface area contributed by atoms with Crippen molar-refractivity contribution >= 4 is 0 Å². The lowest BCUT2D eigenvalue weighted by Crippen LogP contribution is -2.04. The normalized spacial score (nSPS) is 14.2. The van der Waals surface area contributed by atoms with Gasteiger partial charge in [-0.05, 0) is 37.5 Å². The van der Waals surface area contributed by atoms with Gasteiger partial charge in [-0.1, -0.05) is 29.8 Å². The van der Waals surface area contributed by atoms with E-state index in [4.69, 9.17) is 10.1 Å². The van der Waals surface area contributed by atoms with Crippen LogP contribution in [0.4, 0.5) is 0 Å². The van der Waals surface area contributed by atoms with Crippen LogP contribution in [-0.4, -0.2) is 19.7 Å². The van der Waals surface area contributed by atoms with Crippen molar-refractivity contribution in [2.75, 3.05) is 0 Å². The molecular formula is C18H18N4. The van der Waals surface area contributed by atoms with Crippen LogP contribution in [0.25, 0.3) is 11.4 Å². The third-order valence-electron chi connectivity index (χ3n) is 3.97. The van der Waals surface area contributed by atoms with E-state index in [-0.39, 0.29) is 0 Å². The van der Waals surface area contributed by atoms with Crippen LogP contribution in [0, 0.1) is 6.92 Å². The van der Waals surface area contributed by atoms with Crippen LogP contribution in [0.5, 0.6) is 0 Å². The van der Waals surface area contributed by atoms with Gasteiger partial charge >= 0.3 is 0 Å². The van der Waals surface area contributed by atoms with E-state index >= 15 is 0 Å². The summed E-state index contributed by atoms with van der Waals surface area (Å²) >= 11 is 0. The average molecular weight is 290 g/mol. The van der Waals surface area contributed by atoms with Gasteiger partial charge in [0, 0.05) is 23.9 Å². The van der Waals surface area contributed by atoms with Crippen LogP contribution in [0.2, 0.25) is 0 Å². The Morgan fingerprint density at radius 3 is 2.82 bits per heavy atom. The number of benzene rings is 1. The molecule has 1 aliphatic rings. The molecule has 0 spiro atoms. The van der Waals surface area contributed by atoms with E-state index < -0.39 is 0 Å². The monoisotopic (exact) mass is 290 g/mol. The molecule has 1 saturated carbocycles. The average Bonchev–Trinajstić information content (AvgIpc) is 3.30. The van der Waals surface area contributed by atoms with Crippen LogP contribution in [0.1, 0.15) is 35.7 Å². The number of rotatable bonds is 4. The molecule has 22 heavy (non-hydrogen) atoms. The molecule has 0 radical (unpaired) electrons. The minimum atomic E-state index is 0.550. The second-order valence-corrected chi connectivity index (χ2v) is 5.96. The molecule has 0 aliphatic heterocycles. The number of aromatic nitrogens is 4. The molecule has 1 aromatic carbocycles. The topological polar surface area (TPSA) is 43.6 Å². The van der Waals surface area contributed by atoms with Crippen LogP contribution in [-0.2, 0) is 6.54 Å². The maximum absolute atomic E-state index is 4.77. The Hall–Kier alpha value is -2.49. The summed E-state index contributed by atoms with van der Waals surface area (Å²) in [4.78, 5) is 8.98. The van der Waals surface area contributed by atoms with Gasteiger partial charge in [0.1, 0.15) is 0 Å². The largest absolute Gasteiger partial charge is 0.264 e. The smallest absolute Gasteiger partial charge is 0.160 e. The highest BCUT2D eigenvalue weighted by Crippen LogP contribution is 2.39. The van der Waals surface area contributed by atoms with Gasteiger partial charge in [-0.15, -0.1) is 0 Å². The minimum Gasteiger partial charge on any atom is -0.264 e. The van der Waals surface area contributed by atoms with E-state index in [1.54, 1.807) is 6.20 Å². The summed E-state index contributed by atoms with van der Waals surface area (Å²) < 4.78 is 2.01. The summed E-state index contributed by atoms with van der Waals surface area (Å²) in [6, 6.07) is 12.5. The van der Waals surface area contributed by atoms with Gasteiger partial charge in [0.05, 0.1) is 6.54 Å². The zero-order valence-corrected chi connectivity index (χ0v) is 12.6. The Labute approximate surface area is 129 Å².